The number of fused-ring (bicyclic) bond motifs is 1. The summed E-state index contributed by atoms with van der Waals surface area (Å²) in [5, 5.41) is 0.818. The molecule has 0 unspecified atom stereocenters. The smallest absolute Gasteiger partial charge is 0.366 e. The molecule has 9 heteroatoms. The first-order chi connectivity index (χ1) is 17.0. The number of hydrogen-bond acceptors (Lipinski definition) is 3. The highest BCUT2D eigenvalue weighted by molar-refractivity contribution is 7.91. The molecular formula is C27H25F3N2O3S. The maximum Gasteiger partial charge on any atom is 0.416 e. The summed E-state index contributed by atoms with van der Waals surface area (Å²) >= 11 is 0. The minimum Gasteiger partial charge on any atom is -0.366 e. The van der Waals surface area contributed by atoms with Crippen molar-refractivity contribution >= 4 is 26.6 Å². The molecule has 1 heterocycles. The van der Waals surface area contributed by atoms with Gasteiger partial charge in [-0.25, -0.2) is 8.42 Å². The first-order valence-electron chi connectivity index (χ1n) is 11.4. The molecule has 5 nitrogen and oxygen atoms in total. The van der Waals surface area contributed by atoms with Crippen molar-refractivity contribution in [1.29, 1.82) is 0 Å². The summed E-state index contributed by atoms with van der Waals surface area (Å²) in [4.78, 5) is 11.9. The van der Waals surface area contributed by atoms with E-state index in [4.69, 9.17) is 5.73 Å². The van der Waals surface area contributed by atoms with Gasteiger partial charge in [0, 0.05) is 35.1 Å². The van der Waals surface area contributed by atoms with Gasteiger partial charge >= 0.3 is 6.18 Å². The van der Waals surface area contributed by atoms with Crippen LogP contribution in [0.2, 0.25) is 0 Å². The van der Waals surface area contributed by atoms with Crippen LogP contribution < -0.4 is 5.73 Å². The lowest BCUT2D eigenvalue weighted by Gasteiger charge is -2.13. The third-order valence-corrected chi connectivity index (χ3v) is 7.98. The molecule has 3 aromatic carbocycles. The van der Waals surface area contributed by atoms with E-state index in [9.17, 15) is 26.4 Å². The fourth-order valence-corrected chi connectivity index (χ4v) is 5.07. The van der Waals surface area contributed by atoms with Gasteiger partial charge in [-0.1, -0.05) is 31.2 Å². The van der Waals surface area contributed by atoms with Gasteiger partial charge in [0.1, 0.15) is 0 Å². The SMILES string of the molecule is CCS(=O)(=O)c1ccc(Cc2cc3cc(C(N)=O)ccc3n2CCc2ccc(C(F)(F)F)cc2)cc1. The third-order valence-electron chi connectivity index (χ3n) is 6.22. The fraction of sp³-hybridized carbons (Fsp3) is 0.222. The Kier molecular flexibility index (Phi) is 6.95. The van der Waals surface area contributed by atoms with E-state index in [1.165, 1.54) is 12.1 Å². The number of aryl methyl sites for hydroxylation is 2. The molecule has 4 aromatic rings. The summed E-state index contributed by atoms with van der Waals surface area (Å²) in [5.41, 5.74) is 8.58. The van der Waals surface area contributed by atoms with E-state index in [0.29, 0.717) is 24.9 Å². The summed E-state index contributed by atoms with van der Waals surface area (Å²) in [7, 11) is -3.30. The van der Waals surface area contributed by atoms with E-state index in [1.807, 2.05) is 12.1 Å². The van der Waals surface area contributed by atoms with Gasteiger partial charge in [0.15, 0.2) is 9.84 Å². The molecular weight excluding hydrogens is 489 g/mol. The number of carbonyl (C=O) groups excluding carboxylic acids is 1. The fourth-order valence-electron chi connectivity index (χ4n) is 4.18. The summed E-state index contributed by atoms with van der Waals surface area (Å²) < 4.78 is 65.0. The lowest BCUT2D eigenvalue weighted by Crippen LogP contribution is -2.10. The van der Waals surface area contributed by atoms with Crippen LogP contribution in [0, 0.1) is 0 Å². The summed E-state index contributed by atoms with van der Waals surface area (Å²) in [6, 6.07) is 19.0. The Labute approximate surface area is 207 Å². The second kappa shape index (κ2) is 9.81. The van der Waals surface area contributed by atoms with Gasteiger partial charge in [-0.15, -0.1) is 0 Å². The van der Waals surface area contributed by atoms with E-state index < -0.39 is 27.5 Å². The number of halogens is 3. The lowest BCUT2D eigenvalue weighted by atomic mass is 10.1. The molecule has 1 aromatic heterocycles. The van der Waals surface area contributed by atoms with Gasteiger partial charge < -0.3 is 10.3 Å². The van der Waals surface area contributed by atoms with Crippen molar-refractivity contribution in [3.8, 4) is 0 Å². The Morgan fingerprint density at radius 1 is 0.917 bits per heavy atom. The van der Waals surface area contributed by atoms with E-state index in [2.05, 4.69) is 4.57 Å². The molecule has 36 heavy (non-hydrogen) atoms. The zero-order chi connectivity index (χ0) is 26.1. The van der Waals surface area contributed by atoms with Crippen LogP contribution >= 0.6 is 0 Å². The average molecular weight is 515 g/mol. The van der Waals surface area contributed by atoms with Crippen LogP contribution in [-0.4, -0.2) is 24.6 Å². The summed E-state index contributed by atoms with van der Waals surface area (Å²) in [6.45, 7) is 2.10. The Bertz CT molecular complexity index is 1510. The van der Waals surface area contributed by atoms with Crippen LogP contribution in [0.4, 0.5) is 13.2 Å². The van der Waals surface area contributed by atoms with Crippen LogP contribution in [0.15, 0.2) is 77.7 Å². The molecule has 0 aliphatic heterocycles. The maximum atomic E-state index is 12.9. The highest BCUT2D eigenvalue weighted by atomic mass is 32.2. The van der Waals surface area contributed by atoms with Crippen molar-refractivity contribution in [2.24, 2.45) is 5.73 Å². The number of sulfone groups is 1. The molecule has 0 saturated heterocycles. The number of aromatic nitrogens is 1. The largest absolute Gasteiger partial charge is 0.416 e. The number of nitrogens with two attached hydrogens (primary N) is 1. The Balaban J connectivity index is 1.65. The van der Waals surface area contributed by atoms with E-state index >= 15 is 0 Å². The van der Waals surface area contributed by atoms with Gasteiger partial charge in [-0.2, -0.15) is 13.2 Å². The topological polar surface area (TPSA) is 82.2 Å². The molecule has 0 atom stereocenters. The number of primary amides is 1. The Morgan fingerprint density at radius 3 is 2.14 bits per heavy atom. The number of benzene rings is 3. The van der Waals surface area contributed by atoms with Crippen molar-refractivity contribution in [2.75, 3.05) is 5.75 Å². The number of rotatable bonds is 8. The van der Waals surface area contributed by atoms with Crippen molar-refractivity contribution in [2.45, 2.75) is 37.4 Å². The van der Waals surface area contributed by atoms with Crippen molar-refractivity contribution in [3.63, 3.8) is 0 Å². The van der Waals surface area contributed by atoms with Crippen LogP contribution in [0.5, 0.6) is 0 Å². The van der Waals surface area contributed by atoms with E-state index in [1.54, 1.807) is 43.3 Å². The number of alkyl halides is 3. The first-order valence-corrected chi connectivity index (χ1v) is 13.0. The van der Waals surface area contributed by atoms with Crippen molar-refractivity contribution in [3.05, 3.63) is 101 Å². The zero-order valence-electron chi connectivity index (χ0n) is 19.5. The lowest BCUT2D eigenvalue weighted by molar-refractivity contribution is -0.137. The second-order valence-electron chi connectivity index (χ2n) is 8.59. The van der Waals surface area contributed by atoms with Crippen molar-refractivity contribution < 1.29 is 26.4 Å². The van der Waals surface area contributed by atoms with E-state index in [-0.39, 0.29) is 10.6 Å². The molecule has 188 valence electrons. The van der Waals surface area contributed by atoms with Gasteiger partial charge in [-0.05, 0) is 66.1 Å². The summed E-state index contributed by atoms with van der Waals surface area (Å²) in [6.07, 6.45) is -3.38. The molecule has 0 aliphatic carbocycles. The van der Waals surface area contributed by atoms with Crippen LogP contribution in [0.1, 0.15) is 39.7 Å². The van der Waals surface area contributed by atoms with Gasteiger partial charge in [0.25, 0.3) is 0 Å². The predicted octanol–water partition coefficient (Wildman–Crippen LogP) is 5.39. The second-order valence-corrected chi connectivity index (χ2v) is 10.9. The Morgan fingerprint density at radius 2 is 1.56 bits per heavy atom. The van der Waals surface area contributed by atoms with Crippen molar-refractivity contribution in [1.82, 2.24) is 4.57 Å². The van der Waals surface area contributed by atoms with E-state index in [0.717, 1.165) is 39.9 Å². The highest BCUT2D eigenvalue weighted by Gasteiger charge is 2.29. The minimum absolute atomic E-state index is 0.0206. The van der Waals surface area contributed by atoms with Crippen LogP contribution in [0.3, 0.4) is 0 Å². The van der Waals surface area contributed by atoms with Gasteiger partial charge in [-0.3, -0.25) is 4.79 Å². The standard InChI is InChI=1S/C27H25F3N2O3S/c1-2-36(34,35)24-10-5-19(6-11-24)15-23-17-21-16-20(26(31)33)7-12-25(21)32(23)14-13-18-3-8-22(9-4-18)27(28,29)30/h3-12,16-17H,2,13-15H2,1H3,(H2,31,33). The maximum absolute atomic E-state index is 12.9. The number of nitrogens with zero attached hydrogens (tertiary/aromatic N) is 1. The molecule has 0 saturated carbocycles. The van der Waals surface area contributed by atoms with Crippen LogP contribution in [-0.2, 0) is 35.4 Å². The molecule has 0 radical (unpaired) electrons. The molecule has 0 bridgehead atoms. The quantitative estimate of drug-likeness (QED) is 0.343. The highest BCUT2D eigenvalue weighted by Crippen LogP contribution is 2.29. The number of hydrogen-bond donors (Lipinski definition) is 1. The average Bonchev–Trinajstić information content (AvgIpc) is 3.18. The molecule has 4 rings (SSSR count). The van der Waals surface area contributed by atoms with Gasteiger partial charge in [0.2, 0.25) is 5.91 Å². The normalized spacial score (nSPS) is 12.2. The first kappa shape index (κ1) is 25.5. The molecule has 1 amide bonds. The zero-order valence-corrected chi connectivity index (χ0v) is 20.4. The number of carbonyl (C=O) groups is 1. The van der Waals surface area contributed by atoms with Crippen LogP contribution in [0.25, 0.3) is 10.9 Å². The minimum atomic E-state index is -4.38. The predicted molar refractivity (Wildman–Crippen MR) is 133 cm³/mol. The molecule has 0 fully saturated rings. The van der Waals surface area contributed by atoms with Gasteiger partial charge in [0.05, 0.1) is 16.2 Å². The molecule has 0 aliphatic rings. The third kappa shape index (κ3) is 5.46. The summed E-state index contributed by atoms with van der Waals surface area (Å²) in [5.74, 6) is -0.518. The monoisotopic (exact) mass is 514 g/mol. The number of amides is 1. The molecule has 0 spiro atoms. The molecule has 2 N–H and O–H groups in total. The Hall–Kier alpha value is -3.59.